The number of aromatic nitrogens is 2. The van der Waals surface area contributed by atoms with Crippen molar-refractivity contribution in [1.29, 1.82) is 0 Å². The summed E-state index contributed by atoms with van der Waals surface area (Å²) in [5.74, 6) is -1.38. The first-order valence-corrected chi connectivity index (χ1v) is 9.96. The molecule has 0 aromatic carbocycles. The highest BCUT2D eigenvalue weighted by molar-refractivity contribution is 6.32. The van der Waals surface area contributed by atoms with Gasteiger partial charge in [-0.1, -0.05) is 57.4 Å². The first-order valence-electron chi connectivity index (χ1n) is 9.96. The van der Waals surface area contributed by atoms with Crippen LogP contribution in [0.2, 0.25) is 0 Å². The SMILES string of the molecule is CCCCCOC(=O)C(=O)N=c1cnn(C2C=CCC=C2)c(OCCCC)c1. The largest absolute Gasteiger partial charge is 0.478 e. The van der Waals surface area contributed by atoms with Gasteiger partial charge >= 0.3 is 11.9 Å². The molecule has 28 heavy (non-hydrogen) atoms. The number of esters is 1. The lowest BCUT2D eigenvalue weighted by Crippen LogP contribution is -2.22. The smallest absolute Gasteiger partial charge is 0.399 e. The Morgan fingerprint density at radius 1 is 1.14 bits per heavy atom. The highest BCUT2D eigenvalue weighted by Gasteiger charge is 2.15. The third-order valence-electron chi connectivity index (χ3n) is 4.17. The molecule has 152 valence electrons. The molecule has 7 nitrogen and oxygen atoms in total. The van der Waals surface area contributed by atoms with Gasteiger partial charge in [0.25, 0.3) is 0 Å². The van der Waals surface area contributed by atoms with Crippen LogP contribution in [0.25, 0.3) is 0 Å². The van der Waals surface area contributed by atoms with Gasteiger partial charge in [0, 0.05) is 6.07 Å². The van der Waals surface area contributed by atoms with Gasteiger partial charge in [0.2, 0.25) is 5.88 Å². The Kier molecular flexibility index (Phi) is 9.18. The summed E-state index contributed by atoms with van der Waals surface area (Å²) in [6, 6.07) is 1.57. The number of unbranched alkanes of at least 4 members (excludes halogenated alkanes) is 3. The monoisotopic (exact) mass is 387 g/mol. The van der Waals surface area contributed by atoms with E-state index >= 15 is 0 Å². The summed E-state index contributed by atoms with van der Waals surface area (Å²) < 4.78 is 12.5. The molecular formula is C21H29N3O4. The lowest BCUT2D eigenvalue weighted by Gasteiger charge is -2.18. The average Bonchev–Trinajstić information content (AvgIpc) is 2.72. The van der Waals surface area contributed by atoms with E-state index in [-0.39, 0.29) is 18.0 Å². The van der Waals surface area contributed by atoms with Crippen LogP contribution in [-0.4, -0.2) is 34.9 Å². The molecule has 0 radical (unpaired) electrons. The van der Waals surface area contributed by atoms with Crippen LogP contribution >= 0.6 is 0 Å². The van der Waals surface area contributed by atoms with E-state index in [1.165, 1.54) is 6.20 Å². The van der Waals surface area contributed by atoms with Crippen LogP contribution in [0.1, 0.15) is 58.4 Å². The maximum atomic E-state index is 12.0. The number of hydrogen-bond acceptors (Lipinski definition) is 5. The molecule has 0 atom stereocenters. The molecule has 0 fully saturated rings. The van der Waals surface area contributed by atoms with Crippen molar-refractivity contribution in [2.75, 3.05) is 13.2 Å². The highest BCUT2D eigenvalue weighted by Crippen LogP contribution is 2.20. The van der Waals surface area contributed by atoms with Crippen molar-refractivity contribution in [3.63, 3.8) is 0 Å². The average molecular weight is 387 g/mol. The molecule has 0 saturated carbocycles. The van der Waals surface area contributed by atoms with Crippen molar-refractivity contribution >= 4 is 11.9 Å². The zero-order chi connectivity index (χ0) is 20.2. The Morgan fingerprint density at radius 3 is 2.61 bits per heavy atom. The topological polar surface area (TPSA) is 82.8 Å². The molecule has 0 saturated heterocycles. The summed E-state index contributed by atoms with van der Waals surface area (Å²) in [4.78, 5) is 27.6. The van der Waals surface area contributed by atoms with E-state index in [0.29, 0.717) is 12.5 Å². The lowest BCUT2D eigenvalue weighted by atomic mass is 10.1. The fourth-order valence-corrected chi connectivity index (χ4v) is 2.61. The molecule has 0 aliphatic heterocycles. The molecule has 1 aromatic heterocycles. The molecule has 0 unspecified atom stereocenters. The molecular weight excluding hydrogens is 358 g/mol. The van der Waals surface area contributed by atoms with Crippen LogP contribution in [0, 0.1) is 0 Å². The Labute approximate surface area is 165 Å². The highest BCUT2D eigenvalue weighted by atomic mass is 16.5. The minimum Gasteiger partial charge on any atom is -0.478 e. The molecule has 1 aliphatic carbocycles. The Morgan fingerprint density at radius 2 is 1.89 bits per heavy atom. The van der Waals surface area contributed by atoms with Crippen molar-refractivity contribution < 1.29 is 19.1 Å². The molecule has 1 aromatic rings. The molecule has 0 N–H and O–H groups in total. The number of rotatable bonds is 9. The Hall–Kier alpha value is -2.70. The first-order chi connectivity index (χ1) is 13.7. The van der Waals surface area contributed by atoms with Gasteiger partial charge in [-0.15, -0.1) is 0 Å². The number of amides is 1. The summed E-state index contributed by atoms with van der Waals surface area (Å²) in [5, 5.41) is 4.64. The van der Waals surface area contributed by atoms with E-state index in [9.17, 15) is 9.59 Å². The van der Waals surface area contributed by atoms with E-state index in [2.05, 4.69) is 36.1 Å². The van der Waals surface area contributed by atoms with Crippen LogP contribution in [0.15, 0.2) is 41.6 Å². The summed E-state index contributed by atoms with van der Waals surface area (Å²) in [7, 11) is 0. The minimum atomic E-state index is -0.945. The number of nitrogens with zero attached hydrogens (tertiary/aromatic N) is 3. The van der Waals surface area contributed by atoms with Crippen molar-refractivity contribution in [3.05, 3.63) is 41.9 Å². The van der Waals surface area contributed by atoms with Crippen LogP contribution in [-0.2, 0) is 14.3 Å². The van der Waals surface area contributed by atoms with Gasteiger partial charge in [-0.05, 0) is 19.3 Å². The molecule has 2 rings (SSSR count). The fourth-order valence-electron chi connectivity index (χ4n) is 2.61. The van der Waals surface area contributed by atoms with Crippen LogP contribution < -0.4 is 10.1 Å². The molecule has 1 aliphatic rings. The Balaban J connectivity index is 2.16. The van der Waals surface area contributed by atoms with Gasteiger partial charge in [-0.3, -0.25) is 4.79 Å². The second-order valence-electron chi connectivity index (χ2n) is 6.54. The number of carbonyl (C=O) groups is 2. The molecule has 0 bridgehead atoms. The Bertz CT molecular complexity index is 768. The third-order valence-corrected chi connectivity index (χ3v) is 4.17. The molecule has 1 heterocycles. The minimum absolute atomic E-state index is 0.0568. The summed E-state index contributed by atoms with van der Waals surface area (Å²) in [6.07, 6.45) is 15.1. The zero-order valence-electron chi connectivity index (χ0n) is 16.7. The van der Waals surface area contributed by atoms with Gasteiger partial charge in [-0.2, -0.15) is 5.10 Å². The maximum absolute atomic E-state index is 12.0. The van der Waals surface area contributed by atoms with Gasteiger partial charge in [0.05, 0.1) is 30.8 Å². The lowest BCUT2D eigenvalue weighted by molar-refractivity contribution is -0.153. The van der Waals surface area contributed by atoms with Crippen molar-refractivity contribution in [2.45, 2.75) is 58.4 Å². The van der Waals surface area contributed by atoms with E-state index in [0.717, 1.165) is 38.5 Å². The van der Waals surface area contributed by atoms with E-state index in [1.54, 1.807) is 10.7 Å². The van der Waals surface area contributed by atoms with Gasteiger partial charge in [0.15, 0.2) is 0 Å². The van der Waals surface area contributed by atoms with Gasteiger partial charge < -0.3 is 9.47 Å². The number of hydrogen-bond donors (Lipinski definition) is 0. The van der Waals surface area contributed by atoms with Crippen LogP contribution in [0.3, 0.4) is 0 Å². The third kappa shape index (κ3) is 6.79. The molecule has 7 heteroatoms. The van der Waals surface area contributed by atoms with Crippen LogP contribution in [0.5, 0.6) is 5.88 Å². The van der Waals surface area contributed by atoms with Crippen molar-refractivity contribution in [3.8, 4) is 5.88 Å². The number of ether oxygens (including phenoxy) is 2. The van der Waals surface area contributed by atoms with Crippen molar-refractivity contribution in [1.82, 2.24) is 9.78 Å². The quantitative estimate of drug-likeness (QED) is 0.281. The second-order valence-corrected chi connectivity index (χ2v) is 6.54. The van der Waals surface area contributed by atoms with Gasteiger partial charge in [0.1, 0.15) is 0 Å². The second kappa shape index (κ2) is 11.9. The van der Waals surface area contributed by atoms with Crippen molar-refractivity contribution in [2.24, 2.45) is 4.99 Å². The van der Waals surface area contributed by atoms with E-state index in [1.807, 2.05) is 12.2 Å². The predicted octanol–water partition coefficient (Wildman–Crippen LogP) is 3.28. The zero-order valence-corrected chi connectivity index (χ0v) is 16.7. The van der Waals surface area contributed by atoms with E-state index < -0.39 is 11.9 Å². The van der Waals surface area contributed by atoms with E-state index in [4.69, 9.17) is 9.47 Å². The predicted molar refractivity (Wildman–Crippen MR) is 106 cm³/mol. The first kappa shape index (κ1) is 21.6. The molecule has 0 spiro atoms. The fraction of sp³-hybridized carbons (Fsp3) is 0.524. The number of carbonyl (C=O) groups excluding carboxylic acids is 2. The summed E-state index contributed by atoms with van der Waals surface area (Å²) in [6.45, 7) is 4.90. The standard InChI is InChI=1S/C21H29N3O4/c1-3-5-10-14-28-21(26)20(25)23-17-15-19(27-13-6-4-2)24(22-16-17)18-11-8-7-9-12-18/h8-9,11-12,15-16,18H,3-7,10,13-14H2,1-2H3. The summed E-state index contributed by atoms with van der Waals surface area (Å²) >= 11 is 0. The molecule has 1 amide bonds. The number of allylic oxidation sites excluding steroid dienone is 4. The van der Waals surface area contributed by atoms with Crippen LogP contribution in [0.4, 0.5) is 0 Å². The van der Waals surface area contributed by atoms with Gasteiger partial charge in [-0.25, -0.2) is 14.5 Å². The summed E-state index contributed by atoms with van der Waals surface area (Å²) in [5.41, 5.74) is 0. The maximum Gasteiger partial charge on any atom is 0.399 e. The normalized spacial score (nSPS) is 14.3.